The molecule has 0 bridgehead atoms. The Hall–Kier alpha value is -2.95. The Kier molecular flexibility index (Phi) is 7.17. The Morgan fingerprint density at radius 2 is 1.76 bits per heavy atom. The van der Waals surface area contributed by atoms with E-state index in [1.54, 1.807) is 12.1 Å². The molecule has 0 unspecified atom stereocenters. The lowest BCUT2D eigenvalue weighted by molar-refractivity contribution is -0.134. The number of anilines is 1. The van der Waals surface area contributed by atoms with Crippen molar-refractivity contribution in [2.75, 3.05) is 5.32 Å². The fourth-order valence-electron chi connectivity index (χ4n) is 3.66. The minimum absolute atomic E-state index is 0.145. The van der Waals surface area contributed by atoms with E-state index in [9.17, 15) is 14.4 Å². The highest BCUT2D eigenvalue weighted by Gasteiger charge is 2.14. The highest BCUT2D eigenvalue weighted by atomic mass is 16.5. The fraction of sp³-hybridized carbons (Fsp3) is 0.375. The number of ether oxygens (including phenoxy) is 1. The van der Waals surface area contributed by atoms with Gasteiger partial charge in [0.2, 0.25) is 5.91 Å². The molecule has 29 heavy (non-hydrogen) atoms. The molecule has 3 rings (SSSR count). The first kappa shape index (κ1) is 20.8. The third-order valence-electron chi connectivity index (χ3n) is 5.12. The van der Waals surface area contributed by atoms with Crippen molar-refractivity contribution in [1.29, 1.82) is 0 Å². The number of Topliss-reactive ketones (excluding diaryl/α,β-unsaturated/α-hetero) is 1. The zero-order valence-corrected chi connectivity index (χ0v) is 16.8. The lowest BCUT2D eigenvalue weighted by Gasteiger charge is -2.12. The van der Waals surface area contributed by atoms with Crippen LogP contribution in [0.15, 0.2) is 48.0 Å². The van der Waals surface area contributed by atoms with Gasteiger partial charge >= 0.3 is 5.97 Å². The SMILES string of the molecule is CC(=O)Nc1ccc(OC(=O)CCCCCCC2=CCCC2=O)c2ccccc12. The van der Waals surface area contributed by atoms with Gasteiger partial charge in [0, 0.05) is 36.2 Å². The van der Waals surface area contributed by atoms with Gasteiger partial charge in [0.25, 0.3) is 0 Å². The smallest absolute Gasteiger partial charge is 0.311 e. The molecule has 0 aliphatic heterocycles. The summed E-state index contributed by atoms with van der Waals surface area (Å²) in [6.45, 7) is 1.46. The second-order valence-corrected chi connectivity index (χ2v) is 7.42. The van der Waals surface area contributed by atoms with Gasteiger partial charge in [0.15, 0.2) is 5.78 Å². The summed E-state index contributed by atoms with van der Waals surface area (Å²) in [4.78, 5) is 35.2. The molecule has 0 heterocycles. The van der Waals surface area contributed by atoms with E-state index in [-0.39, 0.29) is 11.9 Å². The number of allylic oxidation sites excluding steroid dienone is 2. The summed E-state index contributed by atoms with van der Waals surface area (Å²) >= 11 is 0. The minimum atomic E-state index is -0.254. The Balaban J connectivity index is 1.47. The van der Waals surface area contributed by atoms with Crippen LogP contribution in [0.4, 0.5) is 5.69 Å². The molecule has 0 saturated carbocycles. The summed E-state index contributed by atoms with van der Waals surface area (Å²) in [6.07, 6.45) is 8.54. The summed E-state index contributed by atoms with van der Waals surface area (Å²) in [6, 6.07) is 11.0. The predicted molar refractivity (Wildman–Crippen MR) is 114 cm³/mol. The van der Waals surface area contributed by atoms with Gasteiger partial charge in [-0.1, -0.05) is 43.2 Å². The molecule has 152 valence electrons. The van der Waals surface area contributed by atoms with Gasteiger partial charge in [-0.25, -0.2) is 0 Å². The molecule has 0 aromatic heterocycles. The maximum atomic E-state index is 12.3. The number of fused-ring (bicyclic) bond motifs is 1. The van der Waals surface area contributed by atoms with Crippen molar-refractivity contribution in [2.45, 2.75) is 58.3 Å². The van der Waals surface area contributed by atoms with Crippen LogP contribution in [0.5, 0.6) is 5.75 Å². The third kappa shape index (κ3) is 5.76. The van der Waals surface area contributed by atoms with Crippen molar-refractivity contribution in [3.8, 4) is 5.75 Å². The number of hydrogen-bond acceptors (Lipinski definition) is 4. The summed E-state index contributed by atoms with van der Waals surface area (Å²) in [5, 5.41) is 4.43. The molecule has 1 N–H and O–H groups in total. The number of rotatable bonds is 9. The van der Waals surface area contributed by atoms with E-state index < -0.39 is 0 Å². The standard InChI is InChI=1S/C24H27NO4/c1-17(26)25-21-15-16-23(20-12-7-6-11-19(20)21)29-24(28)14-5-3-2-4-9-18-10-8-13-22(18)27/h6-7,10-12,15-16H,2-5,8-9,13-14H2,1H3,(H,25,26). The van der Waals surface area contributed by atoms with E-state index in [2.05, 4.69) is 11.4 Å². The zero-order chi connectivity index (χ0) is 20.6. The molecule has 2 aromatic carbocycles. The van der Waals surface area contributed by atoms with Crippen molar-refractivity contribution in [3.05, 3.63) is 48.0 Å². The van der Waals surface area contributed by atoms with Gasteiger partial charge in [0.1, 0.15) is 5.75 Å². The Morgan fingerprint density at radius 1 is 1.00 bits per heavy atom. The number of ketones is 1. The van der Waals surface area contributed by atoms with Gasteiger partial charge < -0.3 is 10.1 Å². The van der Waals surface area contributed by atoms with E-state index >= 15 is 0 Å². The number of hydrogen-bond donors (Lipinski definition) is 1. The van der Waals surface area contributed by atoms with Gasteiger partial charge in [-0.15, -0.1) is 0 Å². The average Bonchev–Trinajstić information content (AvgIpc) is 3.11. The summed E-state index contributed by atoms with van der Waals surface area (Å²) in [5.41, 5.74) is 1.68. The number of esters is 1. The molecular weight excluding hydrogens is 366 g/mol. The quantitative estimate of drug-likeness (QED) is 0.355. The molecule has 0 saturated heterocycles. The Bertz CT molecular complexity index is 945. The Labute approximate surface area is 171 Å². The molecule has 0 radical (unpaired) electrons. The fourth-order valence-corrected chi connectivity index (χ4v) is 3.66. The first-order valence-corrected chi connectivity index (χ1v) is 10.3. The molecule has 1 aliphatic carbocycles. The first-order chi connectivity index (χ1) is 14.0. The maximum Gasteiger partial charge on any atom is 0.311 e. The van der Waals surface area contributed by atoms with Gasteiger partial charge in [-0.05, 0) is 43.4 Å². The van der Waals surface area contributed by atoms with Crippen molar-refractivity contribution in [1.82, 2.24) is 0 Å². The molecule has 1 aliphatic rings. The average molecular weight is 393 g/mol. The van der Waals surface area contributed by atoms with Gasteiger partial charge in [-0.2, -0.15) is 0 Å². The Morgan fingerprint density at radius 3 is 2.48 bits per heavy atom. The largest absolute Gasteiger partial charge is 0.426 e. The van der Waals surface area contributed by atoms with Crippen LogP contribution in [0.25, 0.3) is 10.8 Å². The first-order valence-electron chi connectivity index (χ1n) is 10.3. The summed E-state index contributed by atoms with van der Waals surface area (Å²) in [5.74, 6) is 0.404. The number of amides is 1. The van der Waals surface area contributed by atoms with Crippen LogP contribution in [0.1, 0.15) is 58.3 Å². The third-order valence-corrected chi connectivity index (χ3v) is 5.12. The van der Waals surface area contributed by atoms with Crippen molar-refractivity contribution < 1.29 is 19.1 Å². The number of benzene rings is 2. The van der Waals surface area contributed by atoms with Crippen LogP contribution in [-0.4, -0.2) is 17.7 Å². The van der Waals surface area contributed by atoms with E-state index in [1.807, 2.05) is 24.3 Å². The highest BCUT2D eigenvalue weighted by Crippen LogP contribution is 2.32. The number of carbonyl (C=O) groups excluding carboxylic acids is 3. The van der Waals surface area contributed by atoms with Crippen LogP contribution in [0.3, 0.4) is 0 Å². The van der Waals surface area contributed by atoms with Crippen LogP contribution in [0, 0.1) is 0 Å². The molecule has 0 fully saturated rings. The lowest BCUT2D eigenvalue weighted by atomic mass is 10.0. The lowest BCUT2D eigenvalue weighted by Crippen LogP contribution is -2.09. The van der Waals surface area contributed by atoms with Gasteiger partial charge in [-0.3, -0.25) is 14.4 Å². The molecular formula is C24H27NO4. The van der Waals surface area contributed by atoms with E-state index in [1.165, 1.54) is 6.92 Å². The number of unbranched alkanes of at least 4 members (excludes halogenated alkanes) is 3. The monoisotopic (exact) mass is 393 g/mol. The molecule has 5 nitrogen and oxygen atoms in total. The normalized spacial score (nSPS) is 13.4. The van der Waals surface area contributed by atoms with Crippen molar-refractivity contribution >= 4 is 34.1 Å². The highest BCUT2D eigenvalue weighted by molar-refractivity contribution is 6.04. The van der Waals surface area contributed by atoms with E-state index in [0.29, 0.717) is 30.1 Å². The predicted octanol–water partition coefficient (Wildman–Crippen LogP) is 5.33. The van der Waals surface area contributed by atoms with Crippen LogP contribution in [0.2, 0.25) is 0 Å². The number of carbonyl (C=O) groups is 3. The van der Waals surface area contributed by atoms with Crippen molar-refractivity contribution in [2.24, 2.45) is 0 Å². The maximum absolute atomic E-state index is 12.3. The van der Waals surface area contributed by atoms with Crippen LogP contribution < -0.4 is 10.1 Å². The minimum Gasteiger partial charge on any atom is -0.426 e. The number of nitrogens with one attached hydrogen (secondary N) is 1. The van der Waals surface area contributed by atoms with Crippen LogP contribution >= 0.6 is 0 Å². The van der Waals surface area contributed by atoms with Crippen LogP contribution in [-0.2, 0) is 14.4 Å². The molecule has 5 heteroatoms. The topological polar surface area (TPSA) is 72.5 Å². The summed E-state index contributed by atoms with van der Waals surface area (Å²) < 4.78 is 5.58. The van der Waals surface area contributed by atoms with E-state index in [4.69, 9.17) is 4.74 Å². The van der Waals surface area contributed by atoms with Gasteiger partial charge in [0.05, 0.1) is 0 Å². The molecule has 2 aromatic rings. The van der Waals surface area contributed by atoms with E-state index in [0.717, 1.165) is 54.9 Å². The second-order valence-electron chi connectivity index (χ2n) is 7.42. The molecule has 0 atom stereocenters. The summed E-state index contributed by atoms with van der Waals surface area (Å²) in [7, 11) is 0. The second kappa shape index (κ2) is 10.0. The molecule has 1 amide bonds. The zero-order valence-electron chi connectivity index (χ0n) is 16.8. The van der Waals surface area contributed by atoms with Crippen molar-refractivity contribution in [3.63, 3.8) is 0 Å². The molecule has 0 spiro atoms.